The molecule has 32 heavy (non-hydrogen) atoms. The average molecular weight is 435 g/mol. The SMILES string of the molecule is CCCC/C(=C\c1ccc(C(=O)O)cc1)c1c(C)cc2c(c1OC)C(C)(C)CCC2(C)C. The zero-order chi connectivity index (χ0) is 23.7. The smallest absolute Gasteiger partial charge is 0.335 e. The highest BCUT2D eigenvalue weighted by atomic mass is 16.5. The maximum atomic E-state index is 11.2. The van der Waals surface area contributed by atoms with Gasteiger partial charge >= 0.3 is 5.97 Å². The quantitative estimate of drug-likeness (QED) is 0.453. The van der Waals surface area contributed by atoms with Crippen LogP contribution in [0.25, 0.3) is 11.6 Å². The van der Waals surface area contributed by atoms with E-state index in [-0.39, 0.29) is 10.8 Å². The van der Waals surface area contributed by atoms with Crippen LogP contribution < -0.4 is 4.74 Å². The fourth-order valence-corrected chi connectivity index (χ4v) is 5.04. The number of fused-ring (bicyclic) bond motifs is 1. The molecule has 0 fully saturated rings. The summed E-state index contributed by atoms with van der Waals surface area (Å²) in [6, 6.07) is 9.52. The standard InChI is InChI=1S/C29H38O3/c1-8-9-10-22(18-20-11-13-21(14-12-20)27(30)31)24-19(2)17-23-25(26(24)32-7)29(5,6)16-15-28(23,3)4/h11-14,17-18H,8-10,15-16H2,1-7H3,(H,30,31)/b22-18+. The van der Waals surface area contributed by atoms with Crippen molar-refractivity contribution in [2.75, 3.05) is 7.11 Å². The molecule has 1 aliphatic carbocycles. The highest BCUT2D eigenvalue weighted by Gasteiger charge is 2.40. The van der Waals surface area contributed by atoms with Crippen LogP contribution in [-0.4, -0.2) is 18.2 Å². The van der Waals surface area contributed by atoms with Crippen molar-refractivity contribution in [3.63, 3.8) is 0 Å². The molecular formula is C29H38O3. The number of carboxylic acids is 1. The van der Waals surface area contributed by atoms with E-state index in [1.165, 1.54) is 34.2 Å². The van der Waals surface area contributed by atoms with Gasteiger partial charge in [-0.05, 0) is 77.8 Å². The number of aromatic carboxylic acids is 1. The first-order chi connectivity index (χ1) is 15.0. The lowest BCUT2D eigenvalue weighted by Gasteiger charge is -2.43. The Balaban J connectivity index is 2.24. The van der Waals surface area contributed by atoms with Crippen molar-refractivity contribution in [1.82, 2.24) is 0 Å². The van der Waals surface area contributed by atoms with Crippen molar-refractivity contribution in [1.29, 1.82) is 0 Å². The van der Waals surface area contributed by atoms with Crippen LogP contribution in [0.2, 0.25) is 0 Å². The minimum Gasteiger partial charge on any atom is -0.496 e. The topological polar surface area (TPSA) is 46.5 Å². The Kier molecular flexibility index (Phi) is 6.88. The summed E-state index contributed by atoms with van der Waals surface area (Å²) in [4.78, 5) is 11.2. The second-order valence-electron chi connectivity index (χ2n) is 10.5. The maximum absolute atomic E-state index is 11.2. The molecule has 0 spiro atoms. The van der Waals surface area contributed by atoms with Gasteiger partial charge < -0.3 is 9.84 Å². The first-order valence-corrected chi connectivity index (χ1v) is 11.8. The Labute approximate surface area is 193 Å². The number of ether oxygens (including phenoxy) is 1. The number of hydrogen-bond acceptors (Lipinski definition) is 2. The normalized spacial score (nSPS) is 17.0. The number of rotatable bonds is 7. The lowest BCUT2D eigenvalue weighted by molar-refractivity contribution is 0.0697. The number of allylic oxidation sites excluding steroid dienone is 1. The molecule has 3 heteroatoms. The number of aryl methyl sites for hydroxylation is 1. The third-order valence-electron chi connectivity index (χ3n) is 7.08. The molecule has 0 heterocycles. The van der Waals surface area contributed by atoms with Gasteiger partial charge in [0.25, 0.3) is 0 Å². The summed E-state index contributed by atoms with van der Waals surface area (Å²) in [5, 5.41) is 9.23. The Morgan fingerprint density at radius 1 is 1.09 bits per heavy atom. The van der Waals surface area contributed by atoms with Gasteiger partial charge in [0.05, 0.1) is 12.7 Å². The molecule has 2 aromatic rings. The van der Waals surface area contributed by atoms with Gasteiger partial charge in [-0.2, -0.15) is 0 Å². The molecule has 0 unspecified atom stereocenters. The van der Waals surface area contributed by atoms with E-state index in [4.69, 9.17) is 4.74 Å². The number of carbonyl (C=O) groups is 1. The summed E-state index contributed by atoms with van der Waals surface area (Å²) in [5.41, 5.74) is 7.96. The molecule has 0 atom stereocenters. The van der Waals surface area contributed by atoms with Gasteiger partial charge in [-0.15, -0.1) is 0 Å². The van der Waals surface area contributed by atoms with Crippen LogP contribution in [-0.2, 0) is 10.8 Å². The average Bonchev–Trinajstić information content (AvgIpc) is 2.74. The molecular weight excluding hydrogens is 396 g/mol. The van der Waals surface area contributed by atoms with Crippen LogP contribution in [0, 0.1) is 6.92 Å². The van der Waals surface area contributed by atoms with Crippen LogP contribution in [0.1, 0.15) is 105 Å². The lowest BCUT2D eigenvalue weighted by Crippen LogP contribution is -2.34. The molecule has 0 bridgehead atoms. The third kappa shape index (κ3) is 4.62. The third-order valence-corrected chi connectivity index (χ3v) is 7.08. The first-order valence-electron chi connectivity index (χ1n) is 11.8. The van der Waals surface area contributed by atoms with Gasteiger partial charge in [-0.3, -0.25) is 0 Å². The van der Waals surface area contributed by atoms with E-state index in [1.807, 2.05) is 12.1 Å². The summed E-state index contributed by atoms with van der Waals surface area (Å²) in [7, 11) is 1.80. The van der Waals surface area contributed by atoms with Gasteiger partial charge in [0, 0.05) is 11.1 Å². The molecule has 3 nitrogen and oxygen atoms in total. The van der Waals surface area contributed by atoms with E-state index in [0.29, 0.717) is 5.56 Å². The number of hydrogen-bond donors (Lipinski definition) is 1. The second kappa shape index (κ2) is 9.13. The van der Waals surface area contributed by atoms with Crippen molar-refractivity contribution >= 4 is 17.6 Å². The number of carboxylic acid groups (broad SMARTS) is 1. The van der Waals surface area contributed by atoms with Crippen LogP contribution in [0.3, 0.4) is 0 Å². The molecule has 0 saturated carbocycles. The maximum Gasteiger partial charge on any atom is 0.335 e. The molecule has 2 aromatic carbocycles. The predicted molar refractivity (Wildman–Crippen MR) is 134 cm³/mol. The second-order valence-corrected chi connectivity index (χ2v) is 10.5. The monoisotopic (exact) mass is 434 g/mol. The minimum atomic E-state index is -0.899. The van der Waals surface area contributed by atoms with E-state index < -0.39 is 5.97 Å². The van der Waals surface area contributed by atoms with Gasteiger partial charge in [0.1, 0.15) is 5.75 Å². The van der Waals surface area contributed by atoms with Gasteiger partial charge in [0.2, 0.25) is 0 Å². The molecule has 1 N–H and O–H groups in total. The molecule has 0 saturated heterocycles. The summed E-state index contributed by atoms with van der Waals surface area (Å²) in [6.45, 7) is 13.8. The largest absolute Gasteiger partial charge is 0.496 e. The Hall–Kier alpha value is -2.55. The number of methoxy groups -OCH3 is 1. The summed E-state index contributed by atoms with van der Waals surface area (Å²) < 4.78 is 6.18. The van der Waals surface area contributed by atoms with E-state index in [0.717, 1.165) is 37.0 Å². The van der Waals surface area contributed by atoms with E-state index in [9.17, 15) is 9.90 Å². The van der Waals surface area contributed by atoms with Crippen LogP contribution in [0.15, 0.2) is 30.3 Å². The van der Waals surface area contributed by atoms with Gasteiger partial charge in [0.15, 0.2) is 0 Å². The summed E-state index contributed by atoms with van der Waals surface area (Å²) in [6.07, 6.45) is 7.67. The van der Waals surface area contributed by atoms with Crippen LogP contribution >= 0.6 is 0 Å². The zero-order valence-corrected chi connectivity index (χ0v) is 20.8. The molecule has 0 aliphatic heterocycles. The zero-order valence-electron chi connectivity index (χ0n) is 20.8. The van der Waals surface area contributed by atoms with E-state index in [1.54, 1.807) is 19.2 Å². The Morgan fingerprint density at radius 3 is 2.28 bits per heavy atom. The van der Waals surface area contributed by atoms with Crippen LogP contribution in [0.5, 0.6) is 5.75 Å². The molecule has 0 radical (unpaired) electrons. The fraction of sp³-hybridized carbons (Fsp3) is 0.483. The molecule has 0 amide bonds. The highest BCUT2D eigenvalue weighted by molar-refractivity contribution is 5.90. The van der Waals surface area contributed by atoms with E-state index >= 15 is 0 Å². The Bertz CT molecular complexity index is 1020. The minimum absolute atomic E-state index is 0.0532. The number of unbranched alkanes of at least 4 members (excludes halogenated alkanes) is 1. The van der Waals surface area contributed by atoms with Crippen molar-refractivity contribution in [2.45, 2.75) is 84.5 Å². The predicted octanol–water partition coefficient (Wildman–Crippen LogP) is 7.78. The van der Waals surface area contributed by atoms with Gasteiger partial charge in [-0.1, -0.05) is 65.3 Å². The molecule has 0 aromatic heterocycles. The van der Waals surface area contributed by atoms with Crippen molar-refractivity contribution in [3.8, 4) is 5.75 Å². The van der Waals surface area contributed by atoms with Crippen molar-refractivity contribution in [2.24, 2.45) is 0 Å². The van der Waals surface area contributed by atoms with Crippen molar-refractivity contribution in [3.05, 3.63) is 63.7 Å². The highest BCUT2D eigenvalue weighted by Crippen LogP contribution is 2.52. The first kappa shape index (κ1) is 24.1. The summed E-state index contributed by atoms with van der Waals surface area (Å²) in [5.74, 6) is 0.117. The van der Waals surface area contributed by atoms with Crippen molar-refractivity contribution < 1.29 is 14.6 Å². The van der Waals surface area contributed by atoms with E-state index in [2.05, 4.69) is 53.7 Å². The van der Waals surface area contributed by atoms with Gasteiger partial charge in [-0.25, -0.2) is 4.79 Å². The Morgan fingerprint density at radius 2 is 1.72 bits per heavy atom. The fourth-order valence-electron chi connectivity index (χ4n) is 5.04. The molecule has 3 rings (SSSR count). The molecule has 1 aliphatic rings. The van der Waals surface area contributed by atoms with Crippen LogP contribution in [0.4, 0.5) is 0 Å². The number of benzene rings is 2. The summed E-state index contributed by atoms with van der Waals surface area (Å²) >= 11 is 0. The molecule has 172 valence electrons. The lowest BCUT2D eigenvalue weighted by atomic mass is 9.62.